The van der Waals surface area contributed by atoms with Crippen LogP contribution in [0.4, 0.5) is 0 Å². The zero-order valence-electron chi connectivity index (χ0n) is 14.1. The normalized spacial score (nSPS) is 17.2. The third-order valence-corrected chi connectivity index (χ3v) is 6.32. The van der Waals surface area contributed by atoms with Gasteiger partial charge in [0.15, 0.2) is 11.5 Å². The molecule has 6 heteroatoms. The summed E-state index contributed by atoms with van der Waals surface area (Å²) in [7, 11) is -3.64. The van der Waals surface area contributed by atoms with Crippen LogP contribution in [-0.2, 0) is 22.9 Å². The summed E-state index contributed by atoms with van der Waals surface area (Å²) in [4.78, 5) is 0.185. The molecule has 1 N–H and O–H groups in total. The predicted octanol–water partition coefficient (Wildman–Crippen LogP) is 2.99. The summed E-state index contributed by atoms with van der Waals surface area (Å²) >= 11 is 0. The average molecular weight is 359 g/mol. The SMILES string of the molecule is CC(NS(=O)(=O)c1ccc2c(c1)OCCO2)c1ccc2c(c1)CCC2. The molecule has 2 aromatic carbocycles. The number of nitrogens with one attached hydrogen (secondary N) is 1. The van der Waals surface area contributed by atoms with E-state index in [0.29, 0.717) is 24.7 Å². The smallest absolute Gasteiger partial charge is 0.241 e. The van der Waals surface area contributed by atoms with Gasteiger partial charge in [-0.1, -0.05) is 18.2 Å². The lowest BCUT2D eigenvalue weighted by atomic mass is 10.0. The van der Waals surface area contributed by atoms with E-state index in [2.05, 4.69) is 16.9 Å². The van der Waals surface area contributed by atoms with Crippen LogP contribution in [0, 0.1) is 0 Å². The fourth-order valence-corrected chi connectivity index (χ4v) is 4.67. The van der Waals surface area contributed by atoms with Gasteiger partial charge in [-0.25, -0.2) is 13.1 Å². The number of aryl methyl sites for hydroxylation is 2. The zero-order valence-corrected chi connectivity index (χ0v) is 14.9. The van der Waals surface area contributed by atoms with E-state index < -0.39 is 10.0 Å². The van der Waals surface area contributed by atoms with Crippen LogP contribution < -0.4 is 14.2 Å². The molecular formula is C19H21NO4S. The van der Waals surface area contributed by atoms with Crippen molar-refractivity contribution < 1.29 is 17.9 Å². The summed E-state index contributed by atoms with van der Waals surface area (Å²) in [6.45, 7) is 2.77. The number of rotatable bonds is 4. The predicted molar refractivity (Wildman–Crippen MR) is 94.6 cm³/mol. The number of ether oxygens (including phenoxy) is 2. The molecule has 0 saturated carbocycles. The monoisotopic (exact) mass is 359 g/mol. The number of benzene rings is 2. The van der Waals surface area contributed by atoms with Crippen molar-refractivity contribution in [3.8, 4) is 11.5 Å². The standard InChI is InChI=1S/C19H21NO4S/c1-13(15-6-5-14-3-2-4-16(14)11-15)20-25(21,22)17-7-8-18-19(12-17)24-10-9-23-18/h5-8,11-13,20H,2-4,9-10H2,1H3. The number of hydrogen-bond acceptors (Lipinski definition) is 4. The maximum atomic E-state index is 12.7. The Hall–Kier alpha value is -2.05. The van der Waals surface area contributed by atoms with Crippen LogP contribution in [0.25, 0.3) is 0 Å². The van der Waals surface area contributed by atoms with Crippen LogP contribution >= 0.6 is 0 Å². The molecule has 4 rings (SSSR count). The van der Waals surface area contributed by atoms with Crippen molar-refractivity contribution in [2.24, 2.45) is 0 Å². The first-order valence-electron chi connectivity index (χ1n) is 8.57. The van der Waals surface area contributed by atoms with Crippen LogP contribution in [0.2, 0.25) is 0 Å². The quantitative estimate of drug-likeness (QED) is 0.911. The molecule has 1 aliphatic carbocycles. The van der Waals surface area contributed by atoms with E-state index in [1.165, 1.54) is 23.6 Å². The lowest BCUT2D eigenvalue weighted by Crippen LogP contribution is -2.27. The first-order valence-corrected chi connectivity index (χ1v) is 10.0. The van der Waals surface area contributed by atoms with Gasteiger partial charge in [0.25, 0.3) is 0 Å². The van der Waals surface area contributed by atoms with E-state index in [1.807, 2.05) is 13.0 Å². The van der Waals surface area contributed by atoms with Gasteiger partial charge >= 0.3 is 0 Å². The van der Waals surface area contributed by atoms with Crippen molar-refractivity contribution in [2.45, 2.75) is 37.1 Å². The minimum absolute atomic E-state index is 0.185. The maximum Gasteiger partial charge on any atom is 0.241 e. The summed E-state index contributed by atoms with van der Waals surface area (Å²) < 4.78 is 39.1. The Kier molecular flexibility index (Phi) is 4.17. The summed E-state index contributed by atoms with van der Waals surface area (Å²) in [6, 6.07) is 10.7. The fourth-order valence-electron chi connectivity index (χ4n) is 3.42. The van der Waals surface area contributed by atoms with Crippen LogP contribution in [0.5, 0.6) is 11.5 Å². The Labute approximate surface area is 148 Å². The molecule has 0 radical (unpaired) electrons. The van der Waals surface area contributed by atoms with Crippen molar-refractivity contribution in [3.63, 3.8) is 0 Å². The average Bonchev–Trinajstić information content (AvgIpc) is 3.08. The van der Waals surface area contributed by atoms with Gasteiger partial charge in [-0.05, 0) is 55.0 Å². The molecule has 0 saturated heterocycles. The molecule has 0 fully saturated rings. The molecule has 1 heterocycles. The third-order valence-electron chi connectivity index (χ3n) is 4.78. The molecule has 2 aromatic rings. The second-order valence-corrected chi connectivity index (χ2v) is 8.24. The highest BCUT2D eigenvalue weighted by molar-refractivity contribution is 7.89. The number of fused-ring (bicyclic) bond motifs is 2. The number of hydrogen-bond donors (Lipinski definition) is 1. The number of sulfonamides is 1. The Balaban J connectivity index is 1.56. The van der Waals surface area contributed by atoms with Gasteiger partial charge in [-0.2, -0.15) is 0 Å². The summed E-state index contributed by atoms with van der Waals surface area (Å²) in [6.07, 6.45) is 3.37. The van der Waals surface area contributed by atoms with Crippen molar-refractivity contribution in [3.05, 3.63) is 53.1 Å². The largest absolute Gasteiger partial charge is 0.486 e. The van der Waals surface area contributed by atoms with Crippen LogP contribution in [0.15, 0.2) is 41.3 Å². The van der Waals surface area contributed by atoms with Crippen LogP contribution in [0.3, 0.4) is 0 Å². The van der Waals surface area contributed by atoms with E-state index in [1.54, 1.807) is 12.1 Å². The van der Waals surface area contributed by atoms with Crippen molar-refractivity contribution in [1.82, 2.24) is 4.72 Å². The van der Waals surface area contributed by atoms with Crippen molar-refractivity contribution in [2.75, 3.05) is 13.2 Å². The first-order chi connectivity index (χ1) is 12.0. The Morgan fingerprint density at radius 3 is 2.56 bits per heavy atom. The lowest BCUT2D eigenvalue weighted by molar-refractivity contribution is 0.171. The maximum absolute atomic E-state index is 12.7. The van der Waals surface area contributed by atoms with Crippen LogP contribution in [-0.4, -0.2) is 21.6 Å². The molecule has 0 spiro atoms. The topological polar surface area (TPSA) is 64.6 Å². The van der Waals surface area contributed by atoms with Gasteiger partial charge in [0, 0.05) is 12.1 Å². The molecule has 1 unspecified atom stereocenters. The molecule has 0 aromatic heterocycles. The highest BCUT2D eigenvalue weighted by Gasteiger charge is 2.22. The Bertz CT molecular complexity index is 908. The van der Waals surface area contributed by atoms with Gasteiger partial charge in [0.05, 0.1) is 4.90 Å². The molecule has 2 aliphatic rings. The fraction of sp³-hybridized carbons (Fsp3) is 0.368. The zero-order chi connectivity index (χ0) is 17.4. The van der Waals surface area contributed by atoms with E-state index in [4.69, 9.17) is 9.47 Å². The minimum Gasteiger partial charge on any atom is -0.486 e. The van der Waals surface area contributed by atoms with E-state index >= 15 is 0 Å². The molecule has 1 aliphatic heterocycles. The van der Waals surface area contributed by atoms with Crippen molar-refractivity contribution >= 4 is 10.0 Å². The van der Waals surface area contributed by atoms with E-state index in [9.17, 15) is 8.42 Å². The Morgan fingerprint density at radius 1 is 0.960 bits per heavy atom. The van der Waals surface area contributed by atoms with Gasteiger partial charge < -0.3 is 9.47 Å². The summed E-state index contributed by atoms with van der Waals surface area (Å²) in [5, 5.41) is 0. The first kappa shape index (κ1) is 16.4. The highest BCUT2D eigenvalue weighted by Crippen LogP contribution is 2.33. The van der Waals surface area contributed by atoms with Gasteiger partial charge in [-0.15, -0.1) is 0 Å². The Morgan fingerprint density at radius 2 is 1.72 bits per heavy atom. The second kappa shape index (κ2) is 6.35. The van der Waals surface area contributed by atoms with Gasteiger partial charge in [-0.3, -0.25) is 0 Å². The lowest BCUT2D eigenvalue weighted by Gasteiger charge is -2.20. The van der Waals surface area contributed by atoms with Crippen LogP contribution in [0.1, 0.15) is 36.1 Å². The van der Waals surface area contributed by atoms with Crippen molar-refractivity contribution in [1.29, 1.82) is 0 Å². The molecule has 25 heavy (non-hydrogen) atoms. The highest BCUT2D eigenvalue weighted by atomic mass is 32.2. The molecular weight excluding hydrogens is 338 g/mol. The third kappa shape index (κ3) is 3.24. The van der Waals surface area contributed by atoms with E-state index in [-0.39, 0.29) is 10.9 Å². The van der Waals surface area contributed by atoms with Gasteiger partial charge in [0.2, 0.25) is 10.0 Å². The van der Waals surface area contributed by atoms with E-state index in [0.717, 1.165) is 18.4 Å². The molecule has 132 valence electrons. The molecule has 1 atom stereocenters. The molecule has 0 bridgehead atoms. The van der Waals surface area contributed by atoms with Gasteiger partial charge in [0.1, 0.15) is 13.2 Å². The summed E-state index contributed by atoms with van der Waals surface area (Å²) in [5.74, 6) is 1.05. The molecule has 0 amide bonds. The second-order valence-electron chi connectivity index (χ2n) is 6.53. The summed E-state index contributed by atoms with van der Waals surface area (Å²) in [5.41, 5.74) is 3.70. The molecule has 5 nitrogen and oxygen atoms in total. The minimum atomic E-state index is -3.64.